The van der Waals surface area contributed by atoms with Gasteiger partial charge in [0.25, 0.3) is 0 Å². The van der Waals surface area contributed by atoms with E-state index < -0.39 is 12.1 Å². The minimum Gasteiger partial charge on any atom is -0.497 e. The van der Waals surface area contributed by atoms with E-state index in [1.54, 1.807) is 13.3 Å². The Morgan fingerprint density at radius 1 is 1.16 bits per heavy atom. The van der Waals surface area contributed by atoms with Gasteiger partial charge in [0.15, 0.2) is 0 Å². The Kier molecular flexibility index (Phi) is 9.47. The number of carbonyl (C=O) groups is 1. The van der Waals surface area contributed by atoms with Crippen LogP contribution in [0.3, 0.4) is 0 Å². The zero-order chi connectivity index (χ0) is 26.2. The zero-order valence-corrected chi connectivity index (χ0v) is 21.5. The van der Waals surface area contributed by atoms with E-state index in [0.29, 0.717) is 6.42 Å². The highest BCUT2D eigenvalue weighted by Crippen LogP contribution is 2.35. The van der Waals surface area contributed by atoms with E-state index in [9.17, 15) is 19.4 Å². The van der Waals surface area contributed by atoms with Crippen molar-refractivity contribution < 1.29 is 24.1 Å². The Hall–Kier alpha value is -3.03. The van der Waals surface area contributed by atoms with E-state index in [-0.39, 0.29) is 24.1 Å². The van der Waals surface area contributed by atoms with Gasteiger partial charge in [0.05, 0.1) is 18.7 Å². The van der Waals surface area contributed by atoms with Crippen LogP contribution in [0.1, 0.15) is 55.8 Å². The van der Waals surface area contributed by atoms with Crippen LogP contribution in [0.2, 0.25) is 0 Å². The number of carboxylic acid groups (broad SMARTS) is 1. The molecule has 3 atom stereocenters. The lowest BCUT2D eigenvalue weighted by Crippen LogP contribution is -2.41. The largest absolute Gasteiger partial charge is 0.497 e. The van der Waals surface area contributed by atoms with Gasteiger partial charge < -0.3 is 19.8 Å². The maximum absolute atomic E-state index is 13.1. The van der Waals surface area contributed by atoms with Crippen LogP contribution in [0, 0.1) is 17.7 Å². The lowest BCUT2D eigenvalue weighted by molar-refractivity contribution is -0.139. The average molecular weight is 509 g/mol. The molecule has 4 rings (SSSR count). The van der Waals surface area contributed by atoms with Gasteiger partial charge in [-0.3, -0.25) is 9.78 Å². The fourth-order valence-electron chi connectivity index (χ4n) is 5.60. The third-order valence-electron chi connectivity index (χ3n) is 7.67. The Bertz CT molecular complexity index is 1170. The maximum atomic E-state index is 13.1. The minimum absolute atomic E-state index is 0.0739. The van der Waals surface area contributed by atoms with Crippen LogP contribution in [-0.4, -0.2) is 52.8 Å². The van der Waals surface area contributed by atoms with Gasteiger partial charge in [0, 0.05) is 24.5 Å². The molecule has 0 saturated carbocycles. The summed E-state index contributed by atoms with van der Waals surface area (Å²) in [6, 6.07) is 14.2. The number of aliphatic hydroxyl groups is 1. The molecule has 0 spiro atoms. The number of methoxy groups -OCH3 is 1. The van der Waals surface area contributed by atoms with Crippen molar-refractivity contribution in [1.29, 1.82) is 0 Å². The van der Waals surface area contributed by atoms with Crippen LogP contribution in [0.25, 0.3) is 10.9 Å². The van der Waals surface area contributed by atoms with Crippen LogP contribution in [0.5, 0.6) is 5.75 Å². The van der Waals surface area contributed by atoms with Crippen LogP contribution >= 0.6 is 0 Å². The Morgan fingerprint density at radius 3 is 2.73 bits per heavy atom. The number of likely N-dealkylation sites (tertiary alicyclic amines) is 1. The fourth-order valence-corrected chi connectivity index (χ4v) is 5.60. The van der Waals surface area contributed by atoms with E-state index in [2.05, 4.69) is 9.88 Å². The number of piperidine rings is 1. The lowest BCUT2D eigenvalue weighted by atomic mass is 9.79. The standard InChI is InChI=1S/C30H37FN2O4/c1-37-25-10-11-28-27(19-25)26(13-15-32-28)29(34)12-7-22-14-17-33(20-23(22)18-30(35)36)16-3-2-4-21-5-8-24(31)9-6-21/h5-6,8-11,13,15,19,22-23,29,34H,2-4,7,12,14,16-18,20H2,1H3,(H,35,36)/t22-,23+,29-/m1/s1. The molecule has 1 aromatic heterocycles. The first kappa shape index (κ1) is 27.0. The second kappa shape index (κ2) is 13.0. The number of nitrogens with zero attached hydrogens (tertiary/aromatic N) is 2. The number of pyridine rings is 1. The van der Waals surface area contributed by atoms with Gasteiger partial charge in [-0.05, 0) is 111 Å². The number of rotatable bonds is 12. The van der Waals surface area contributed by atoms with Crippen molar-refractivity contribution in [3.05, 3.63) is 71.7 Å². The van der Waals surface area contributed by atoms with Gasteiger partial charge in [0.1, 0.15) is 11.6 Å². The number of benzene rings is 2. The smallest absolute Gasteiger partial charge is 0.303 e. The van der Waals surface area contributed by atoms with Crippen molar-refractivity contribution >= 4 is 16.9 Å². The predicted molar refractivity (Wildman–Crippen MR) is 142 cm³/mol. The molecule has 2 N–H and O–H groups in total. The number of carboxylic acids is 1. The summed E-state index contributed by atoms with van der Waals surface area (Å²) in [6.07, 6.45) is 6.49. The number of unbranched alkanes of at least 4 members (excludes halogenated alkanes) is 1. The van der Waals surface area contributed by atoms with Crippen molar-refractivity contribution in [2.75, 3.05) is 26.7 Å². The van der Waals surface area contributed by atoms with Gasteiger partial charge in [-0.2, -0.15) is 0 Å². The summed E-state index contributed by atoms with van der Waals surface area (Å²) in [4.78, 5) is 18.4. The van der Waals surface area contributed by atoms with Gasteiger partial charge in [-0.25, -0.2) is 4.39 Å². The maximum Gasteiger partial charge on any atom is 0.303 e. The van der Waals surface area contributed by atoms with Crippen LogP contribution in [0.4, 0.5) is 4.39 Å². The number of hydrogen-bond acceptors (Lipinski definition) is 5. The molecule has 0 bridgehead atoms. The van der Waals surface area contributed by atoms with Gasteiger partial charge >= 0.3 is 5.97 Å². The molecule has 6 nitrogen and oxygen atoms in total. The summed E-state index contributed by atoms with van der Waals surface area (Å²) >= 11 is 0. The predicted octanol–water partition coefficient (Wildman–Crippen LogP) is 5.63. The summed E-state index contributed by atoms with van der Waals surface area (Å²) in [5.41, 5.74) is 2.79. The molecule has 1 aliphatic heterocycles. The van der Waals surface area contributed by atoms with Crippen LogP contribution < -0.4 is 4.74 Å². The number of ether oxygens (including phenoxy) is 1. The van der Waals surface area contributed by atoms with E-state index in [0.717, 1.165) is 79.5 Å². The third-order valence-corrected chi connectivity index (χ3v) is 7.67. The summed E-state index contributed by atoms with van der Waals surface area (Å²) in [6.45, 7) is 2.67. The highest BCUT2D eigenvalue weighted by atomic mass is 19.1. The second-order valence-electron chi connectivity index (χ2n) is 10.2. The number of aromatic nitrogens is 1. The molecule has 0 radical (unpaired) electrons. The molecule has 3 aromatic rings. The first-order valence-electron chi connectivity index (χ1n) is 13.2. The van der Waals surface area contributed by atoms with Crippen molar-refractivity contribution in [1.82, 2.24) is 9.88 Å². The van der Waals surface area contributed by atoms with E-state index in [1.807, 2.05) is 36.4 Å². The lowest BCUT2D eigenvalue weighted by Gasteiger charge is -2.38. The molecule has 1 fully saturated rings. The van der Waals surface area contributed by atoms with E-state index in [1.165, 1.54) is 12.1 Å². The summed E-state index contributed by atoms with van der Waals surface area (Å²) in [5, 5.41) is 21.5. The molecular weight excluding hydrogens is 471 g/mol. The Labute approximate surface area is 218 Å². The first-order valence-corrected chi connectivity index (χ1v) is 13.2. The molecule has 2 heterocycles. The molecule has 1 aliphatic rings. The number of halogens is 1. The SMILES string of the molecule is COc1ccc2nccc([C@H](O)CC[C@@H]3CCN(CCCCc4ccc(F)cc4)C[C@@H]3CC(=O)O)c2c1. The Balaban J connectivity index is 1.30. The normalized spacial score (nSPS) is 19.1. The Morgan fingerprint density at radius 2 is 1.97 bits per heavy atom. The molecule has 0 unspecified atom stereocenters. The molecule has 0 aliphatic carbocycles. The van der Waals surface area contributed by atoms with Crippen molar-refractivity contribution in [3.8, 4) is 5.75 Å². The monoisotopic (exact) mass is 508 g/mol. The number of aryl methyl sites for hydroxylation is 1. The van der Waals surface area contributed by atoms with Gasteiger partial charge in [-0.1, -0.05) is 12.1 Å². The van der Waals surface area contributed by atoms with Crippen LogP contribution in [-0.2, 0) is 11.2 Å². The molecule has 0 amide bonds. The zero-order valence-electron chi connectivity index (χ0n) is 21.5. The highest BCUT2D eigenvalue weighted by molar-refractivity contribution is 5.83. The number of hydrogen-bond donors (Lipinski definition) is 2. The van der Waals surface area contributed by atoms with Crippen molar-refractivity contribution in [3.63, 3.8) is 0 Å². The molecule has 198 valence electrons. The third kappa shape index (κ3) is 7.49. The number of aliphatic carboxylic acids is 1. The number of fused-ring (bicyclic) bond motifs is 1. The summed E-state index contributed by atoms with van der Waals surface area (Å²) < 4.78 is 18.4. The molecule has 37 heavy (non-hydrogen) atoms. The van der Waals surface area contributed by atoms with Crippen molar-refractivity contribution in [2.24, 2.45) is 11.8 Å². The van der Waals surface area contributed by atoms with Crippen molar-refractivity contribution in [2.45, 2.75) is 51.0 Å². The summed E-state index contributed by atoms with van der Waals surface area (Å²) in [7, 11) is 1.62. The molecule has 2 aromatic carbocycles. The highest BCUT2D eigenvalue weighted by Gasteiger charge is 2.31. The number of aliphatic hydroxyl groups excluding tert-OH is 1. The molecule has 1 saturated heterocycles. The summed E-state index contributed by atoms with van der Waals surface area (Å²) in [5.74, 6) is 0.0908. The van der Waals surface area contributed by atoms with E-state index in [4.69, 9.17) is 4.74 Å². The fraction of sp³-hybridized carbons (Fsp3) is 0.467. The topological polar surface area (TPSA) is 82.9 Å². The minimum atomic E-state index is -0.763. The van der Waals surface area contributed by atoms with Gasteiger partial charge in [0.2, 0.25) is 0 Å². The first-order chi connectivity index (χ1) is 17.9. The quantitative estimate of drug-likeness (QED) is 0.309. The van der Waals surface area contributed by atoms with E-state index >= 15 is 0 Å². The molecular formula is C30H37FN2O4. The van der Waals surface area contributed by atoms with Gasteiger partial charge in [-0.15, -0.1) is 0 Å². The average Bonchev–Trinajstić information content (AvgIpc) is 2.90. The second-order valence-corrected chi connectivity index (χ2v) is 10.2. The van der Waals surface area contributed by atoms with Crippen LogP contribution in [0.15, 0.2) is 54.7 Å². The molecule has 7 heteroatoms.